The molecule has 0 bridgehead atoms. The molecule has 2 aromatic carbocycles. The molecule has 3 aromatic rings. The molecule has 0 spiro atoms. The van der Waals surface area contributed by atoms with Gasteiger partial charge in [0.05, 0.1) is 4.88 Å². The lowest BCUT2D eigenvalue weighted by atomic mass is 10.0. The Morgan fingerprint density at radius 2 is 1.89 bits per heavy atom. The summed E-state index contributed by atoms with van der Waals surface area (Å²) in [4.78, 5) is 13.3. The van der Waals surface area contributed by atoms with E-state index < -0.39 is 0 Å². The second-order valence-corrected chi connectivity index (χ2v) is 5.62. The van der Waals surface area contributed by atoms with Crippen molar-refractivity contribution in [1.29, 1.82) is 0 Å². The Labute approximate surface area is 116 Å². The highest BCUT2D eigenvalue weighted by molar-refractivity contribution is 7.21. The molecule has 0 aliphatic heterocycles. The zero-order chi connectivity index (χ0) is 13.2. The minimum atomic E-state index is 0.122. The van der Waals surface area contributed by atoms with Crippen molar-refractivity contribution in [2.45, 2.75) is 13.3 Å². The molecule has 0 N–H and O–H groups in total. The molecule has 0 atom stereocenters. The monoisotopic (exact) mass is 266 g/mol. The van der Waals surface area contributed by atoms with Crippen LogP contribution in [-0.4, -0.2) is 5.78 Å². The summed E-state index contributed by atoms with van der Waals surface area (Å²) in [5, 5.41) is 1.14. The summed E-state index contributed by atoms with van der Waals surface area (Å²) in [7, 11) is 0. The van der Waals surface area contributed by atoms with Crippen molar-refractivity contribution in [2.75, 3.05) is 0 Å². The van der Waals surface area contributed by atoms with Crippen molar-refractivity contribution < 1.29 is 4.79 Å². The molecule has 2 heteroatoms. The van der Waals surface area contributed by atoms with Crippen molar-refractivity contribution in [3.05, 3.63) is 70.6 Å². The van der Waals surface area contributed by atoms with Crippen LogP contribution in [-0.2, 0) is 6.42 Å². The SMILES string of the molecule is CCc1cccc(C(=O)c2cc3ccccc3s2)c1. The highest BCUT2D eigenvalue weighted by Crippen LogP contribution is 2.27. The highest BCUT2D eigenvalue weighted by atomic mass is 32.1. The maximum atomic E-state index is 12.5. The smallest absolute Gasteiger partial charge is 0.202 e. The molecule has 3 rings (SSSR count). The fourth-order valence-electron chi connectivity index (χ4n) is 2.17. The van der Waals surface area contributed by atoms with Gasteiger partial charge in [0.2, 0.25) is 5.78 Å². The van der Waals surface area contributed by atoms with Crippen molar-refractivity contribution in [1.82, 2.24) is 0 Å². The lowest BCUT2D eigenvalue weighted by Crippen LogP contribution is -1.99. The lowest BCUT2D eigenvalue weighted by Gasteiger charge is -2.01. The van der Waals surface area contributed by atoms with Crippen LogP contribution in [0.15, 0.2) is 54.6 Å². The third kappa shape index (κ3) is 2.32. The summed E-state index contributed by atoms with van der Waals surface area (Å²) in [6.45, 7) is 2.10. The second-order valence-electron chi connectivity index (χ2n) is 4.53. The molecule has 19 heavy (non-hydrogen) atoms. The first-order valence-corrected chi connectivity index (χ1v) is 7.22. The summed E-state index contributed by atoms with van der Waals surface area (Å²) in [5.41, 5.74) is 1.98. The molecule has 0 saturated heterocycles. The topological polar surface area (TPSA) is 17.1 Å². The Kier molecular flexibility index (Phi) is 3.18. The van der Waals surface area contributed by atoms with E-state index in [-0.39, 0.29) is 5.78 Å². The zero-order valence-corrected chi connectivity index (χ0v) is 11.5. The summed E-state index contributed by atoms with van der Waals surface area (Å²) in [5.74, 6) is 0.122. The van der Waals surface area contributed by atoms with Crippen LogP contribution in [0.4, 0.5) is 0 Å². The van der Waals surface area contributed by atoms with Crippen LogP contribution in [0.25, 0.3) is 10.1 Å². The molecule has 94 valence electrons. The van der Waals surface area contributed by atoms with Gasteiger partial charge in [-0.15, -0.1) is 11.3 Å². The van der Waals surface area contributed by atoms with E-state index in [0.29, 0.717) is 0 Å². The number of aryl methyl sites for hydroxylation is 1. The third-order valence-corrected chi connectivity index (χ3v) is 4.36. The van der Waals surface area contributed by atoms with E-state index in [0.717, 1.165) is 26.9 Å². The largest absolute Gasteiger partial charge is 0.288 e. The van der Waals surface area contributed by atoms with Gasteiger partial charge in [0.1, 0.15) is 0 Å². The van der Waals surface area contributed by atoms with Crippen LogP contribution in [0.2, 0.25) is 0 Å². The first kappa shape index (κ1) is 12.1. The van der Waals surface area contributed by atoms with Crippen molar-refractivity contribution in [3.8, 4) is 0 Å². The summed E-state index contributed by atoms with van der Waals surface area (Å²) in [6.07, 6.45) is 0.952. The van der Waals surface area contributed by atoms with E-state index in [4.69, 9.17) is 0 Å². The van der Waals surface area contributed by atoms with E-state index in [2.05, 4.69) is 19.1 Å². The van der Waals surface area contributed by atoms with Gasteiger partial charge in [-0.05, 0) is 35.6 Å². The van der Waals surface area contributed by atoms with Crippen LogP contribution < -0.4 is 0 Å². The molecule has 0 fully saturated rings. The molecule has 1 aromatic heterocycles. The van der Waals surface area contributed by atoms with Crippen LogP contribution in [0.3, 0.4) is 0 Å². The first-order chi connectivity index (χ1) is 9.28. The zero-order valence-electron chi connectivity index (χ0n) is 10.7. The summed E-state index contributed by atoms with van der Waals surface area (Å²) < 4.78 is 1.16. The van der Waals surface area contributed by atoms with Gasteiger partial charge in [-0.3, -0.25) is 4.79 Å². The lowest BCUT2D eigenvalue weighted by molar-refractivity contribution is 0.104. The standard InChI is InChI=1S/C17H14OS/c1-2-12-6-5-8-14(10-12)17(18)16-11-13-7-3-4-9-15(13)19-16/h3-11H,2H2,1H3. The number of benzene rings is 2. The van der Waals surface area contributed by atoms with Crippen LogP contribution >= 0.6 is 11.3 Å². The fraction of sp³-hybridized carbons (Fsp3) is 0.118. The maximum absolute atomic E-state index is 12.5. The quantitative estimate of drug-likeness (QED) is 0.628. The Balaban J connectivity index is 2.02. The van der Waals surface area contributed by atoms with E-state index in [9.17, 15) is 4.79 Å². The number of ketones is 1. The first-order valence-electron chi connectivity index (χ1n) is 6.40. The molecule has 0 aliphatic rings. The van der Waals surface area contributed by atoms with Crippen LogP contribution in [0, 0.1) is 0 Å². The number of fused-ring (bicyclic) bond motifs is 1. The minimum Gasteiger partial charge on any atom is -0.288 e. The maximum Gasteiger partial charge on any atom is 0.202 e. The normalized spacial score (nSPS) is 10.8. The molecule has 0 unspecified atom stereocenters. The van der Waals surface area contributed by atoms with Gasteiger partial charge in [-0.2, -0.15) is 0 Å². The number of carbonyl (C=O) groups is 1. The molecule has 0 radical (unpaired) electrons. The minimum absolute atomic E-state index is 0.122. The number of rotatable bonds is 3. The molecule has 0 amide bonds. The molecule has 0 saturated carbocycles. The average molecular weight is 266 g/mol. The molecular weight excluding hydrogens is 252 g/mol. The van der Waals surface area contributed by atoms with E-state index in [1.807, 2.05) is 42.5 Å². The highest BCUT2D eigenvalue weighted by Gasteiger charge is 2.12. The fourth-order valence-corrected chi connectivity index (χ4v) is 3.19. The Morgan fingerprint density at radius 1 is 1.05 bits per heavy atom. The molecule has 1 nitrogen and oxygen atoms in total. The van der Waals surface area contributed by atoms with Gasteiger partial charge in [-0.25, -0.2) is 0 Å². The van der Waals surface area contributed by atoms with E-state index in [1.54, 1.807) is 11.3 Å². The number of hydrogen-bond acceptors (Lipinski definition) is 2. The molecular formula is C17H14OS. The van der Waals surface area contributed by atoms with Gasteiger partial charge in [0, 0.05) is 10.3 Å². The number of thiophene rings is 1. The van der Waals surface area contributed by atoms with Crippen molar-refractivity contribution in [2.24, 2.45) is 0 Å². The van der Waals surface area contributed by atoms with E-state index >= 15 is 0 Å². The predicted molar refractivity (Wildman–Crippen MR) is 81.1 cm³/mol. The van der Waals surface area contributed by atoms with Gasteiger partial charge >= 0.3 is 0 Å². The van der Waals surface area contributed by atoms with Crippen molar-refractivity contribution in [3.63, 3.8) is 0 Å². The van der Waals surface area contributed by atoms with Gasteiger partial charge in [0.25, 0.3) is 0 Å². The predicted octanol–water partition coefficient (Wildman–Crippen LogP) is 4.69. The number of hydrogen-bond donors (Lipinski definition) is 0. The summed E-state index contributed by atoms with van der Waals surface area (Å²) in [6, 6.07) is 18.0. The Bertz CT molecular complexity index is 707. The second kappa shape index (κ2) is 4.98. The summed E-state index contributed by atoms with van der Waals surface area (Å²) >= 11 is 1.56. The van der Waals surface area contributed by atoms with E-state index in [1.165, 1.54) is 5.56 Å². The molecule has 0 aliphatic carbocycles. The van der Waals surface area contributed by atoms with Crippen LogP contribution in [0.1, 0.15) is 27.7 Å². The van der Waals surface area contributed by atoms with Gasteiger partial charge in [-0.1, -0.05) is 43.3 Å². The van der Waals surface area contributed by atoms with Gasteiger partial charge < -0.3 is 0 Å². The van der Waals surface area contributed by atoms with Crippen LogP contribution in [0.5, 0.6) is 0 Å². The van der Waals surface area contributed by atoms with Crippen molar-refractivity contribution >= 4 is 27.2 Å². The number of carbonyl (C=O) groups excluding carboxylic acids is 1. The van der Waals surface area contributed by atoms with Gasteiger partial charge in [0.15, 0.2) is 0 Å². The Hall–Kier alpha value is -1.93. The Morgan fingerprint density at radius 3 is 2.68 bits per heavy atom. The third-order valence-electron chi connectivity index (χ3n) is 3.25. The average Bonchev–Trinajstić information content (AvgIpc) is 2.90. The molecule has 1 heterocycles.